The predicted octanol–water partition coefficient (Wildman–Crippen LogP) is 3.56. The maximum Gasteiger partial charge on any atom is 0.191 e. The van der Waals surface area contributed by atoms with Crippen LogP contribution in [-0.4, -0.2) is 45.1 Å². The van der Waals surface area contributed by atoms with Crippen molar-refractivity contribution in [1.29, 1.82) is 0 Å². The van der Waals surface area contributed by atoms with E-state index in [1.54, 1.807) is 7.11 Å². The summed E-state index contributed by atoms with van der Waals surface area (Å²) >= 11 is 1.84. The Morgan fingerprint density at radius 3 is 2.48 bits per heavy atom. The van der Waals surface area contributed by atoms with Crippen LogP contribution in [-0.2, 0) is 11.3 Å². The summed E-state index contributed by atoms with van der Waals surface area (Å²) in [6, 6.07) is 18.5. The zero-order valence-electron chi connectivity index (χ0n) is 16.1. The van der Waals surface area contributed by atoms with Crippen LogP contribution < -0.4 is 15.4 Å². The molecule has 6 heteroatoms. The number of hydrogen-bond acceptors (Lipinski definition) is 4. The molecule has 0 heterocycles. The Balaban J connectivity index is 1.76. The van der Waals surface area contributed by atoms with E-state index in [0.717, 1.165) is 36.1 Å². The zero-order chi connectivity index (χ0) is 19.2. The molecule has 0 saturated heterocycles. The van der Waals surface area contributed by atoms with Gasteiger partial charge in [0.05, 0.1) is 13.2 Å². The van der Waals surface area contributed by atoms with E-state index in [1.807, 2.05) is 42.1 Å². The van der Waals surface area contributed by atoms with Crippen LogP contribution in [0.4, 0.5) is 0 Å². The van der Waals surface area contributed by atoms with Gasteiger partial charge in [0.25, 0.3) is 0 Å². The molecule has 0 saturated carbocycles. The molecule has 0 unspecified atom stereocenters. The highest BCUT2D eigenvalue weighted by Gasteiger charge is 1.99. The van der Waals surface area contributed by atoms with Crippen LogP contribution in [0.15, 0.2) is 64.5 Å². The number of benzene rings is 2. The van der Waals surface area contributed by atoms with E-state index in [0.29, 0.717) is 19.8 Å². The Hall–Kier alpha value is -2.18. The minimum atomic E-state index is 0.559. The summed E-state index contributed by atoms with van der Waals surface area (Å²) in [5, 5.41) is 6.67. The number of ether oxygens (including phenoxy) is 2. The summed E-state index contributed by atoms with van der Waals surface area (Å²) < 4.78 is 10.6. The predicted molar refractivity (Wildman–Crippen MR) is 114 cm³/mol. The third-order valence-corrected chi connectivity index (χ3v) is 4.66. The van der Waals surface area contributed by atoms with Crippen molar-refractivity contribution in [3.05, 3.63) is 60.2 Å². The highest BCUT2D eigenvalue weighted by molar-refractivity contribution is 7.99. The fourth-order valence-corrected chi connectivity index (χ4v) is 3.09. The van der Waals surface area contributed by atoms with Crippen LogP contribution in [0.5, 0.6) is 5.75 Å². The molecular weight excluding hydrogens is 358 g/mol. The standard InChI is InChI=1S/C21H29N3O2S/c1-3-22-21(23-13-16-27-20-7-5-4-6-8-20)24-17-18-9-11-19(12-10-18)26-15-14-25-2/h4-12H,3,13-17H2,1-2H3,(H2,22,23,24). The van der Waals surface area contributed by atoms with Crippen LogP contribution in [0.2, 0.25) is 0 Å². The van der Waals surface area contributed by atoms with Crippen molar-refractivity contribution < 1.29 is 9.47 Å². The molecule has 2 rings (SSSR count). The lowest BCUT2D eigenvalue weighted by Crippen LogP contribution is -2.38. The van der Waals surface area contributed by atoms with Gasteiger partial charge in [-0.15, -0.1) is 11.8 Å². The van der Waals surface area contributed by atoms with Crippen LogP contribution in [0.25, 0.3) is 0 Å². The van der Waals surface area contributed by atoms with Gasteiger partial charge >= 0.3 is 0 Å². The SMILES string of the molecule is CCNC(=NCc1ccc(OCCOC)cc1)NCCSc1ccccc1. The van der Waals surface area contributed by atoms with Crippen molar-refractivity contribution in [3.8, 4) is 5.75 Å². The minimum Gasteiger partial charge on any atom is -0.491 e. The van der Waals surface area contributed by atoms with Gasteiger partial charge in [0, 0.05) is 30.8 Å². The van der Waals surface area contributed by atoms with Gasteiger partial charge in [-0.05, 0) is 36.8 Å². The lowest BCUT2D eigenvalue weighted by atomic mass is 10.2. The number of nitrogens with one attached hydrogen (secondary N) is 2. The van der Waals surface area contributed by atoms with E-state index >= 15 is 0 Å². The average Bonchev–Trinajstić information content (AvgIpc) is 2.71. The largest absolute Gasteiger partial charge is 0.491 e. The number of rotatable bonds is 11. The maximum absolute atomic E-state index is 5.58. The average molecular weight is 388 g/mol. The summed E-state index contributed by atoms with van der Waals surface area (Å²) in [7, 11) is 1.67. The lowest BCUT2D eigenvalue weighted by Gasteiger charge is -2.11. The van der Waals surface area contributed by atoms with E-state index in [4.69, 9.17) is 9.47 Å². The second-order valence-corrected chi connectivity index (χ2v) is 6.94. The first kappa shape index (κ1) is 21.1. The first-order valence-electron chi connectivity index (χ1n) is 9.22. The van der Waals surface area contributed by atoms with Crippen molar-refractivity contribution in [2.75, 3.05) is 39.2 Å². The van der Waals surface area contributed by atoms with Gasteiger partial charge < -0.3 is 20.1 Å². The number of nitrogens with zero attached hydrogens (tertiary/aromatic N) is 1. The zero-order valence-corrected chi connectivity index (χ0v) is 16.9. The van der Waals surface area contributed by atoms with Gasteiger partial charge in [-0.1, -0.05) is 30.3 Å². The fourth-order valence-electron chi connectivity index (χ4n) is 2.30. The number of aliphatic imine (C=N–C) groups is 1. The van der Waals surface area contributed by atoms with E-state index in [-0.39, 0.29) is 0 Å². The van der Waals surface area contributed by atoms with Crippen molar-refractivity contribution >= 4 is 17.7 Å². The molecule has 2 N–H and O–H groups in total. The topological polar surface area (TPSA) is 54.9 Å². The Morgan fingerprint density at radius 2 is 1.78 bits per heavy atom. The molecule has 0 radical (unpaired) electrons. The van der Waals surface area contributed by atoms with E-state index in [2.05, 4.69) is 46.8 Å². The molecule has 0 aliphatic heterocycles. The Morgan fingerprint density at radius 1 is 1.00 bits per heavy atom. The van der Waals surface area contributed by atoms with Gasteiger partial charge in [-0.2, -0.15) is 0 Å². The summed E-state index contributed by atoms with van der Waals surface area (Å²) in [6.07, 6.45) is 0. The third kappa shape index (κ3) is 8.84. The summed E-state index contributed by atoms with van der Waals surface area (Å²) in [6.45, 7) is 5.54. The second kappa shape index (κ2) is 13.1. The van der Waals surface area contributed by atoms with Crippen molar-refractivity contribution in [1.82, 2.24) is 10.6 Å². The highest BCUT2D eigenvalue weighted by atomic mass is 32.2. The molecule has 0 aliphatic rings. The van der Waals surface area contributed by atoms with E-state index in [9.17, 15) is 0 Å². The molecular formula is C21H29N3O2S. The Bertz CT molecular complexity index is 663. The van der Waals surface area contributed by atoms with Crippen molar-refractivity contribution in [2.45, 2.75) is 18.4 Å². The van der Waals surface area contributed by atoms with Crippen LogP contribution in [0, 0.1) is 0 Å². The van der Waals surface area contributed by atoms with Crippen LogP contribution in [0.1, 0.15) is 12.5 Å². The number of thioether (sulfide) groups is 1. The summed E-state index contributed by atoms with van der Waals surface area (Å²) in [4.78, 5) is 5.94. The Labute approximate surface area is 166 Å². The van der Waals surface area contributed by atoms with Gasteiger partial charge in [0.15, 0.2) is 5.96 Å². The van der Waals surface area contributed by atoms with Gasteiger partial charge in [-0.3, -0.25) is 0 Å². The van der Waals surface area contributed by atoms with Crippen LogP contribution >= 0.6 is 11.8 Å². The molecule has 0 spiro atoms. The van der Waals surface area contributed by atoms with E-state index < -0.39 is 0 Å². The normalized spacial score (nSPS) is 11.3. The highest BCUT2D eigenvalue weighted by Crippen LogP contribution is 2.16. The first-order chi connectivity index (χ1) is 13.3. The molecule has 0 atom stereocenters. The molecule has 27 heavy (non-hydrogen) atoms. The lowest BCUT2D eigenvalue weighted by molar-refractivity contribution is 0.146. The molecule has 2 aromatic rings. The molecule has 5 nitrogen and oxygen atoms in total. The van der Waals surface area contributed by atoms with Crippen molar-refractivity contribution in [2.24, 2.45) is 4.99 Å². The minimum absolute atomic E-state index is 0.559. The summed E-state index contributed by atoms with van der Waals surface area (Å²) in [5.74, 6) is 2.68. The quantitative estimate of drug-likeness (QED) is 0.267. The van der Waals surface area contributed by atoms with Gasteiger partial charge in [0.2, 0.25) is 0 Å². The first-order valence-corrected chi connectivity index (χ1v) is 10.2. The second-order valence-electron chi connectivity index (χ2n) is 5.77. The van der Waals surface area contributed by atoms with Crippen LogP contribution in [0.3, 0.4) is 0 Å². The van der Waals surface area contributed by atoms with Gasteiger partial charge in [0.1, 0.15) is 12.4 Å². The monoisotopic (exact) mass is 387 g/mol. The van der Waals surface area contributed by atoms with Crippen molar-refractivity contribution in [3.63, 3.8) is 0 Å². The fraction of sp³-hybridized carbons (Fsp3) is 0.381. The molecule has 0 aromatic heterocycles. The molecule has 2 aromatic carbocycles. The van der Waals surface area contributed by atoms with E-state index in [1.165, 1.54) is 4.90 Å². The smallest absolute Gasteiger partial charge is 0.191 e. The number of guanidine groups is 1. The number of methoxy groups -OCH3 is 1. The molecule has 0 bridgehead atoms. The number of hydrogen-bond donors (Lipinski definition) is 2. The molecule has 0 amide bonds. The maximum atomic E-state index is 5.58. The molecule has 0 aliphatic carbocycles. The summed E-state index contributed by atoms with van der Waals surface area (Å²) in [5.41, 5.74) is 1.14. The molecule has 146 valence electrons. The Kier molecular flexibility index (Phi) is 10.2. The molecule has 0 fully saturated rings. The van der Waals surface area contributed by atoms with Gasteiger partial charge in [-0.25, -0.2) is 4.99 Å². The third-order valence-electron chi connectivity index (χ3n) is 3.65.